The number of morpholine rings is 1. The van der Waals surface area contributed by atoms with E-state index in [9.17, 15) is 4.79 Å². The Bertz CT molecular complexity index is 502. The van der Waals surface area contributed by atoms with E-state index in [-0.39, 0.29) is 17.6 Å². The van der Waals surface area contributed by atoms with Crippen molar-refractivity contribution in [3.63, 3.8) is 0 Å². The van der Waals surface area contributed by atoms with E-state index in [0.717, 1.165) is 30.7 Å². The summed E-state index contributed by atoms with van der Waals surface area (Å²) < 4.78 is 12.0. The molecule has 1 saturated heterocycles. The molecule has 1 aromatic heterocycles. The van der Waals surface area contributed by atoms with Crippen LogP contribution in [0, 0.1) is 5.92 Å². The summed E-state index contributed by atoms with van der Waals surface area (Å²) in [4.78, 5) is 15.4. The van der Waals surface area contributed by atoms with E-state index in [0.29, 0.717) is 25.6 Å². The molecule has 1 spiro atoms. The number of amides is 1. The van der Waals surface area contributed by atoms with Crippen molar-refractivity contribution >= 4 is 17.2 Å². The molecule has 2 aliphatic rings. The second-order valence-electron chi connectivity index (χ2n) is 6.59. The van der Waals surface area contributed by atoms with Gasteiger partial charge in [0.1, 0.15) is 0 Å². The minimum absolute atomic E-state index is 0.146. The molecule has 5 heteroatoms. The first kappa shape index (κ1) is 16.0. The Labute approximate surface area is 136 Å². The quantitative estimate of drug-likeness (QED) is 0.854. The fourth-order valence-corrected chi connectivity index (χ4v) is 4.28. The van der Waals surface area contributed by atoms with Gasteiger partial charge >= 0.3 is 0 Å². The lowest BCUT2D eigenvalue weighted by atomic mass is 9.89. The minimum Gasteiger partial charge on any atom is -0.378 e. The fourth-order valence-electron chi connectivity index (χ4n) is 3.59. The summed E-state index contributed by atoms with van der Waals surface area (Å²) in [7, 11) is 0. The van der Waals surface area contributed by atoms with Gasteiger partial charge in [-0.1, -0.05) is 12.5 Å². The summed E-state index contributed by atoms with van der Waals surface area (Å²) >= 11 is 1.51. The lowest BCUT2D eigenvalue weighted by Crippen LogP contribution is -2.56. The third-order valence-electron chi connectivity index (χ3n) is 4.76. The number of hydrogen-bond acceptors (Lipinski definition) is 4. The zero-order chi connectivity index (χ0) is 15.6. The van der Waals surface area contributed by atoms with Crippen LogP contribution in [0.25, 0.3) is 0 Å². The van der Waals surface area contributed by atoms with E-state index in [2.05, 4.69) is 13.8 Å². The Morgan fingerprint density at radius 2 is 2.45 bits per heavy atom. The van der Waals surface area contributed by atoms with Gasteiger partial charge in [-0.05, 0) is 38.1 Å². The largest absolute Gasteiger partial charge is 0.378 e. The fraction of sp³-hybridized carbons (Fsp3) is 0.706. The molecular weight excluding hydrogens is 298 g/mol. The monoisotopic (exact) mass is 323 g/mol. The number of thiophene rings is 1. The van der Waals surface area contributed by atoms with Gasteiger partial charge in [-0.3, -0.25) is 4.79 Å². The standard InChI is InChI=1S/C17H25NO3S/c1-13(2)20-11-14-5-3-7-17(14)12-18(8-9-21-17)16(19)15-6-4-10-22-15/h4,6,10,13-14H,3,5,7-9,11-12H2,1-2H3/t14-,17+/m0/s1. The van der Waals surface area contributed by atoms with Crippen LogP contribution in [-0.4, -0.2) is 48.8 Å². The number of ether oxygens (including phenoxy) is 2. The predicted octanol–water partition coefficient (Wildman–Crippen LogP) is 3.18. The molecule has 1 aromatic rings. The van der Waals surface area contributed by atoms with Crippen molar-refractivity contribution in [2.24, 2.45) is 5.92 Å². The molecule has 0 radical (unpaired) electrons. The van der Waals surface area contributed by atoms with Gasteiger partial charge in [0.25, 0.3) is 5.91 Å². The van der Waals surface area contributed by atoms with Gasteiger partial charge in [0.2, 0.25) is 0 Å². The van der Waals surface area contributed by atoms with Crippen LogP contribution in [0.1, 0.15) is 42.8 Å². The van der Waals surface area contributed by atoms with Gasteiger partial charge in [-0.15, -0.1) is 11.3 Å². The van der Waals surface area contributed by atoms with Crippen molar-refractivity contribution in [3.8, 4) is 0 Å². The van der Waals surface area contributed by atoms with Crippen LogP contribution in [0.5, 0.6) is 0 Å². The molecule has 0 aromatic carbocycles. The van der Waals surface area contributed by atoms with Crippen molar-refractivity contribution in [2.45, 2.75) is 44.8 Å². The number of rotatable bonds is 4. The normalized spacial score (nSPS) is 28.7. The maximum absolute atomic E-state index is 12.6. The zero-order valence-corrected chi connectivity index (χ0v) is 14.2. The van der Waals surface area contributed by atoms with Gasteiger partial charge in [0.15, 0.2) is 0 Å². The van der Waals surface area contributed by atoms with Crippen LogP contribution in [-0.2, 0) is 9.47 Å². The van der Waals surface area contributed by atoms with Crippen molar-refractivity contribution in [2.75, 3.05) is 26.3 Å². The van der Waals surface area contributed by atoms with Crippen molar-refractivity contribution in [1.29, 1.82) is 0 Å². The second-order valence-corrected chi connectivity index (χ2v) is 7.54. The highest BCUT2D eigenvalue weighted by Crippen LogP contribution is 2.41. The number of carbonyl (C=O) groups excluding carboxylic acids is 1. The summed E-state index contributed by atoms with van der Waals surface area (Å²) in [5.41, 5.74) is -0.194. The average molecular weight is 323 g/mol. The molecule has 0 N–H and O–H groups in total. The molecule has 2 heterocycles. The topological polar surface area (TPSA) is 38.8 Å². The number of carbonyl (C=O) groups is 1. The first-order chi connectivity index (χ1) is 10.6. The van der Waals surface area contributed by atoms with Crippen molar-refractivity contribution in [3.05, 3.63) is 22.4 Å². The molecule has 22 heavy (non-hydrogen) atoms. The molecule has 2 atom stereocenters. The Kier molecular flexibility index (Phi) is 4.85. The third-order valence-corrected chi connectivity index (χ3v) is 5.61. The summed E-state index contributed by atoms with van der Waals surface area (Å²) in [5, 5.41) is 1.96. The molecule has 4 nitrogen and oxygen atoms in total. The minimum atomic E-state index is -0.194. The zero-order valence-electron chi connectivity index (χ0n) is 13.4. The van der Waals surface area contributed by atoms with Crippen LogP contribution in [0.4, 0.5) is 0 Å². The molecular formula is C17H25NO3S. The van der Waals surface area contributed by atoms with Crippen LogP contribution in [0.15, 0.2) is 17.5 Å². The lowest BCUT2D eigenvalue weighted by Gasteiger charge is -2.44. The average Bonchev–Trinajstić information content (AvgIpc) is 3.15. The molecule has 1 aliphatic heterocycles. The summed E-state index contributed by atoms with van der Waals surface area (Å²) in [6.07, 6.45) is 3.57. The van der Waals surface area contributed by atoms with Gasteiger partial charge in [-0.25, -0.2) is 0 Å². The van der Waals surface area contributed by atoms with Crippen LogP contribution in [0.3, 0.4) is 0 Å². The van der Waals surface area contributed by atoms with Crippen LogP contribution < -0.4 is 0 Å². The van der Waals surface area contributed by atoms with Gasteiger partial charge < -0.3 is 14.4 Å². The van der Waals surface area contributed by atoms with E-state index >= 15 is 0 Å². The summed E-state index contributed by atoms with van der Waals surface area (Å²) in [6.45, 7) is 6.89. The number of hydrogen-bond donors (Lipinski definition) is 0. The van der Waals surface area contributed by atoms with Gasteiger partial charge in [0.05, 0.1) is 36.3 Å². The highest BCUT2D eigenvalue weighted by Gasteiger charge is 2.48. The van der Waals surface area contributed by atoms with E-state index in [1.165, 1.54) is 11.3 Å². The maximum atomic E-state index is 12.6. The van der Waals surface area contributed by atoms with Crippen molar-refractivity contribution in [1.82, 2.24) is 4.90 Å². The van der Waals surface area contributed by atoms with Gasteiger partial charge in [0, 0.05) is 12.5 Å². The molecule has 0 unspecified atom stereocenters. The molecule has 0 bridgehead atoms. The predicted molar refractivity (Wildman–Crippen MR) is 87.3 cm³/mol. The molecule has 1 aliphatic carbocycles. The van der Waals surface area contributed by atoms with E-state index < -0.39 is 0 Å². The first-order valence-corrected chi connectivity index (χ1v) is 9.07. The molecule has 122 valence electrons. The Morgan fingerprint density at radius 1 is 1.59 bits per heavy atom. The molecule has 3 rings (SSSR count). The van der Waals surface area contributed by atoms with E-state index in [4.69, 9.17) is 9.47 Å². The van der Waals surface area contributed by atoms with Crippen molar-refractivity contribution < 1.29 is 14.3 Å². The third kappa shape index (κ3) is 3.21. The SMILES string of the molecule is CC(C)OC[C@@H]1CCC[C@@]12CN(C(=O)c1cccs1)CCO2. The van der Waals surface area contributed by atoms with E-state index in [1.807, 2.05) is 22.4 Å². The smallest absolute Gasteiger partial charge is 0.264 e. The maximum Gasteiger partial charge on any atom is 0.264 e. The first-order valence-electron chi connectivity index (χ1n) is 8.19. The summed E-state index contributed by atoms with van der Waals surface area (Å²) in [6, 6.07) is 3.84. The van der Waals surface area contributed by atoms with Crippen LogP contribution >= 0.6 is 11.3 Å². The highest BCUT2D eigenvalue weighted by molar-refractivity contribution is 7.12. The lowest BCUT2D eigenvalue weighted by molar-refractivity contribution is -0.136. The molecule has 2 fully saturated rings. The molecule has 1 amide bonds. The van der Waals surface area contributed by atoms with E-state index in [1.54, 1.807) is 0 Å². The Morgan fingerprint density at radius 3 is 3.18 bits per heavy atom. The Balaban J connectivity index is 1.69. The van der Waals surface area contributed by atoms with Gasteiger partial charge in [-0.2, -0.15) is 0 Å². The Hall–Kier alpha value is -0.910. The summed E-state index contributed by atoms with van der Waals surface area (Å²) in [5.74, 6) is 0.543. The molecule has 1 saturated carbocycles. The van der Waals surface area contributed by atoms with Crippen LogP contribution in [0.2, 0.25) is 0 Å². The highest BCUT2D eigenvalue weighted by atomic mass is 32.1. The second kappa shape index (κ2) is 6.69. The number of nitrogens with zero attached hydrogens (tertiary/aromatic N) is 1.